The zero-order valence-electron chi connectivity index (χ0n) is 16.8. The lowest BCUT2D eigenvalue weighted by molar-refractivity contribution is -0.384. The Balaban J connectivity index is 1.82. The minimum atomic E-state index is -4.04. The quantitative estimate of drug-likeness (QED) is 0.180. The van der Waals surface area contributed by atoms with Crippen LogP contribution < -0.4 is 9.73 Å². The molecule has 1 N–H and O–H groups in total. The zero-order valence-corrected chi connectivity index (χ0v) is 20.5. The topological polar surface area (TPSA) is 122 Å². The Morgan fingerprint density at radius 2 is 1.79 bits per heavy atom. The number of nitro benzene ring substituents is 1. The molecule has 3 aromatic carbocycles. The molecular formula is C21H16ClIN4O5S. The molecule has 0 radical (unpaired) electrons. The van der Waals surface area contributed by atoms with Crippen molar-refractivity contribution in [1.29, 1.82) is 0 Å². The third-order valence-corrected chi connectivity index (χ3v) is 7.17. The highest BCUT2D eigenvalue weighted by Gasteiger charge is 2.27. The largest absolute Gasteiger partial charge is 0.271 e. The minimum Gasteiger partial charge on any atom is -0.271 e. The van der Waals surface area contributed by atoms with Crippen molar-refractivity contribution in [2.45, 2.75) is 4.90 Å². The molecule has 0 atom stereocenters. The van der Waals surface area contributed by atoms with E-state index in [1.165, 1.54) is 30.3 Å². The number of halogens is 2. The maximum atomic E-state index is 13.2. The second-order valence-corrected chi connectivity index (χ2v) is 10.1. The van der Waals surface area contributed by atoms with Crippen molar-refractivity contribution in [1.82, 2.24) is 5.43 Å². The molecule has 0 fully saturated rings. The van der Waals surface area contributed by atoms with E-state index in [0.717, 1.165) is 14.1 Å². The molecule has 12 heteroatoms. The molecule has 3 aromatic rings. The van der Waals surface area contributed by atoms with Gasteiger partial charge < -0.3 is 0 Å². The van der Waals surface area contributed by atoms with Crippen LogP contribution in [0.3, 0.4) is 0 Å². The summed E-state index contributed by atoms with van der Waals surface area (Å²) in [7, 11) is -4.04. The molecular weight excluding hydrogens is 583 g/mol. The molecule has 0 aliphatic heterocycles. The van der Waals surface area contributed by atoms with Crippen LogP contribution in [0.25, 0.3) is 0 Å². The van der Waals surface area contributed by atoms with Crippen molar-refractivity contribution in [3.8, 4) is 0 Å². The van der Waals surface area contributed by atoms with Crippen molar-refractivity contribution in [3.63, 3.8) is 0 Å². The molecule has 0 saturated carbocycles. The van der Waals surface area contributed by atoms with Crippen LogP contribution in [-0.2, 0) is 14.8 Å². The molecule has 0 spiro atoms. The Bertz CT molecular complexity index is 1300. The third kappa shape index (κ3) is 6.27. The van der Waals surface area contributed by atoms with Gasteiger partial charge in [0, 0.05) is 26.3 Å². The van der Waals surface area contributed by atoms with Gasteiger partial charge in [-0.3, -0.25) is 19.2 Å². The van der Waals surface area contributed by atoms with Gasteiger partial charge in [0.25, 0.3) is 21.6 Å². The number of nitrogens with one attached hydrogen (secondary N) is 1. The first-order chi connectivity index (χ1) is 15.7. The van der Waals surface area contributed by atoms with Gasteiger partial charge in [-0.2, -0.15) is 5.10 Å². The summed E-state index contributed by atoms with van der Waals surface area (Å²) in [6.45, 7) is -0.544. The predicted octanol–water partition coefficient (Wildman–Crippen LogP) is 4.20. The first-order valence-corrected chi connectivity index (χ1v) is 12.2. The summed E-state index contributed by atoms with van der Waals surface area (Å²) >= 11 is 8.10. The lowest BCUT2D eigenvalue weighted by Crippen LogP contribution is -2.39. The minimum absolute atomic E-state index is 0.0308. The van der Waals surface area contributed by atoms with E-state index in [1.54, 1.807) is 42.5 Å². The van der Waals surface area contributed by atoms with Crippen LogP contribution in [0, 0.1) is 13.7 Å². The van der Waals surface area contributed by atoms with Crippen LogP contribution >= 0.6 is 34.2 Å². The van der Waals surface area contributed by atoms with Crippen LogP contribution in [0.2, 0.25) is 5.02 Å². The normalized spacial score (nSPS) is 11.3. The van der Waals surface area contributed by atoms with Gasteiger partial charge in [-0.25, -0.2) is 13.8 Å². The SMILES string of the molecule is O=C(CN(c1ccc(I)cc1)S(=O)(=O)c1ccccc1)N/N=C\c1cc([N+](=O)[O-])ccc1Cl. The van der Waals surface area contributed by atoms with Gasteiger partial charge in [0.1, 0.15) is 6.54 Å². The van der Waals surface area contributed by atoms with Crippen molar-refractivity contribution in [3.05, 3.63) is 97.1 Å². The van der Waals surface area contributed by atoms with Gasteiger partial charge >= 0.3 is 0 Å². The van der Waals surface area contributed by atoms with E-state index in [0.29, 0.717) is 5.69 Å². The molecule has 0 heterocycles. The molecule has 9 nitrogen and oxygen atoms in total. The summed E-state index contributed by atoms with van der Waals surface area (Å²) in [5.41, 5.74) is 2.57. The third-order valence-electron chi connectivity index (χ3n) is 4.32. The van der Waals surface area contributed by atoms with Crippen LogP contribution in [0.15, 0.2) is 82.8 Å². The zero-order chi connectivity index (χ0) is 24.0. The van der Waals surface area contributed by atoms with Gasteiger partial charge in [0.05, 0.1) is 21.7 Å². The van der Waals surface area contributed by atoms with E-state index in [2.05, 4.69) is 33.1 Å². The number of benzene rings is 3. The van der Waals surface area contributed by atoms with Gasteiger partial charge in [0.2, 0.25) is 0 Å². The van der Waals surface area contributed by atoms with E-state index < -0.39 is 27.4 Å². The van der Waals surface area contributed by atoms with Gasteiger partial charge in [-0.05, 0) is 65.1 Å². The molecule has 0 aliphatic carbocycles. The summed E-state index contributed by atoms with van der Waals surface area (Å²) < 4.78 is 28.3. The van der Waals surface area contributed by atoms with Crippen LogP contribution in [-0.4, -0.2) is 32.0 Å². The molecule has 0 aromatic heterocycles. The fourth-order valence-corrected chi connectivity index (χ4v) is 4.69. The average Bonchev–Trinajstić information content (AvgIpc) is 2.80. The lowest BCUT2D eigenvalue weighted by Gasteiger charge is -2.23. The van der Waals surface area contributed by atoms with Crippen molar-refractivity contribution < 1.29 is 18.1 Å². The number of carbonyl (C=O) groups is 1. The number of rotatable bonds is 8. The Morgan fingerprint density at radius 3 is 2.42 bits per heavy atom. The first kappa shape index (κ1) is 24.6. The summed E-state index contributed by atoms with van der Waals surface area (Å²) in [4.78, 5) is 22.9. The number of nitro groups is 1. The molecule has 33 heavy (non-hydrogen) atoms. The molecule has 0 unspecified atom stereocenters. The Morgan fingerprint density at radius 1 is 1.12 bits per heavy atom. The Labute approximate surface area is 208 Å². The highest BCUT2D eigenvalue weighted by atomic mass is 127. The smallest absolute Gasteiger partial charge is 0.270 e. The number of sulfonamides is 1. The maximum absolute atomic E-state index is 13.2. The fourth-order valence-electron chi connectivity index (χ4n) is 2.73. The number of hydrogen-bond donors (Lipinski definition) is 1. The van der Waals surface area contributed by atoms with E-state index in [-0.39, 0.29) is 21.2 Å². The average molecular weight is 599 g/mol. The Hall–Kier alpha value is -3.03. The van der Waals surface area contributed by atoms with Crippen LogP contribution in [0.1, 0.15) is 5.56 Å². The molecule has 0 bridgehead atoms. The second kappa shape index (κ2) is 10.7. The molecule has 1 amide bonds. The molecule has 170 valence electrons. The van der Waals surface area contributed by atoms with E-state index in [1.807, 2.05) is 0 Å². The van der Waals surface area contributed by atoms with Crippen LogP contribution in [0.5, 0.6) is 0 Å². The second-order valence-electron chi connectivity index (χ2n) is 6.56. The van der Waals surface area contributed by atoms with Crippen molar-refractivity contribution in [2.24, 2.45) is 5.10 Å². The highest BCUT2D eigenvalue weighted by molar-refractivity contribution is 14.1. The fraction of sp³-hybridized carbons (Fsp3) is 0.0476. The van der Waals surface area contributed by atoms with Gasteiger partial charge in [-0.15, -0.1) is 0 Å². The molecule has 0 aliphatic rings. The van der Waals surface area contributed by atoms with E-state index in [9.17, 15) is 23.3 Å². The number of hydrogen-bond acceptors (Lipinski definition) is 6. The summed E-state index contributed by atoms with van der Waals surface area (Å²) in [5, 5.41) is 14.9. The number of anilines is 1. The Kier molecular flexibility index (Phi) is 8.00. The number of carbonyl (C=O) groups excluding carboxylic acids is 1. The van der Waals surface area contributed by atoms with Gasteiger partial charge in [0.15, 0.2) is 0 Å². The van der Waals surface area contributed by atoms with Crippen LogP contribution in [0.4, 0.5) is 11.4 Å². The van der Waals surface area contributed by atoms with E-state index in [4.69, 9.17) is 11.6 Å². The molecule has 0 saturated heterocycles. The maximum Gasteiger partial charge on any atom is 0.270 e. The predicted molar refractivity (Wildman–Crippen MR) is 134 cm³/mol. The summed E-state index contributed by atoms with van der Waals surface area (Å²) in [6.07, 6.45) is 1.15. The van der Waals surface area contributed by atoms with Gasteiger partial charge in [-0.1, -0.05) is 29.8 Å². The first-order valence-electron chi connectivity index (χ1n) is 9.27. The highest BCUT2D eigenvalue weighted by Crippen LogP contribution is 2.24. The van der Waals surface area contributed by atoms with Crippen molar-refractivity contribution >= 4 is 67.7 Å². The number of hydrazone groups is 1. The number of non-ortho nitro benzene ring substituents is 1. The van der Waals surface area contributed by atoms with Crippen molar-refractivity contribution in [2.75, 3.05) is 10.8 Å². The van der Waals surface area contributed by atoms with E-state index >= 15 is 0 Å². The lowest BCUT2D eigenvalue weighted by atomic mass is 10.2. The summed E-state index contributed by atoms with van der Waals surface area (Å²) in [5.74, 6) is -0.717. The molecule has 3 rings (SSSR count). The number of nitrogens with zero attached hydrogens (tertiary/aromatic N) is 3. The monoisotopic (exact) mass is 598 g/mol. The standard InChI is InChI=1S/C21H16ClIN4O5S/c22-20-11-10-18(27(29)30)12-15(20)13-24-25-21(28)14-26(17-8-6-16(23)7-9-17)33(31,32)19-4-2-1-3-5-19/h1-13H,14H2,(H,25,28)/b24-13-. The number of amides is 1. The summed E-state index contributed by atoms with van der Waals surface area (Å²) in [6, 6.07) is 18.2.